The molecule has 2 heterocycles. The average molecular weight is 367 g/mol. The minimum absolute atomic E-state index is 0.234. The van der Waals surface area contributed by atoms with Gasteiger partial charge in [0.15, 0.2) is 17.3 Å². The fourth-order valence-corrected chi connectivity index (χ4v) is 2.91. The molecule has 3 aromatic rings. The van der Waals surface area contributed by atoms with E-state index in [1.165, 1.54) is 0 Å². The van der Waals surface area contributed by atoms with Gasteiger partial charge in [-0.2, -0.15) is 10.4 Å². The summed E-state index contributed by atoms with van der Waals surface area (Å²) in [6, 6.07) is 7.38. The van der Waals surface area contributed by atoms with Gasteiger partial charge in [0.05, 0.1) is 21.3 Å². The Morgan fingerprint density at radius 1 is 1.07 bits per heavy atom. The fourth-order valence-electron chi connectivity index (χ4n) is 2.91. The number of H-pyrrole nitrogens is 1. The van der Waals surface area contributed by atoms with Crippen LogP contribution in [0.4, 0.5) is 11.5 Å². The van der Waals surface area contributed by atoms with Crippen LogP contribution in [0.5, 0.6) is 17.2 Å². The average Bonchev–Trinajstić information content (AvgIpc) is 3.11. The zero-order valence-corrected chi connectivity index (χ0v) is 15.9. The third-order valence-corrected chi connectivity index (χ3v) is 4.19. The number of nitrogens with one attached hydrogen (secondary N) is 2. The smallest absolute Gasteiger partial charge is 0.203 e. The number of anilines is 2. The molecule has 0 aliphatic carbocycles. The molecule has 8 heteroatoms. The lowest BCUT2D eigenvalue weighted by molar-refractivity contribution is 0.324. The van der Waals surface area contributed by atoms with Crippen molar-refractivity contribution in [1.29, 1.82) is 5.26 Å². The Kier molecular flexibility index (Phi) is 5.03. The van der Waals surface area contributed by atoms with E-state index < -0.39 is 0 Å². The minimum Gasteiger partial charge on any atom is -0.493 e. The molecule has 8 nitrogen and oxygen atoms in total. The van der Waals surface area contributed by atoms with Crippen LogP contribution in [0.2, 0.25) is 0 Å². The number of methoxy groups -OCH3 is 3. The summed E-state index contributed by atoms with van der Waals surface area (Å²) in [7, 11) is 4.65. The molecule has 0 spiro atoms. The molecular formula is C19H21N5O3. The first-order valence-corrected chi connectivity index (χ1v) is 8.38. The number of hydrogen-bond donors (Lipinski definition) is 2. The summed E-state index contributed by atoms with van der Waals surface area (Å²) >= 11 is 0. The number of aromatic amines is 1. The molecule has 0 aliphatic heterocycles. The number of rotatable bonds is 6. The second-order valence-corrected chi connectivity index (χ2v) is 6.20. The lowest BCUT2D eigenvalue weighted by Gasteiger charge is -2.15. The molecule has 0 bridgehead atoms. The van der Waals surface area contributed by atoms with Gasteiger partial charge in [-0.15, -0.1) is 0 Å². The van der Waals surface area contributed by atoms with Crippen LogP contribution in [-0.2, 0) is 0 Å². The Morgan fingerprint density at radius 3 is 2.26 bits per heavy atom. The van der Waals surface area contributed by atoms with Crippen molar-refractivity contribution < 1.29 is 14.2 Å². The van der Waals surface area contributed by atoms with Crippen molar-refractivity contribution in [3.05, 3.63) is 29.6 Å². The van der Waals surface area contributed by atoms with Crippen LogP contribution in [0.25, 0.3) is 10.9 Å². The first kappa shape index (κ1) is 18.3. The topological polar surface area (TPSA) is 105 Å². The van der Waals surface area contributed by atoms with E-state index in [0.717, 1.165) is 11.1 Å². The van der Waals surface area contributed by atoms with Crippen LogP contribution < -0.4 is 19.5 Å². The highest BCUT2D eigenvalue weighted by atomic mass is 16.5. The van der Waals surface area contributed by atoms with Crippen molar-refractivity contribution in [3.8, 4) is 23.3 Å². The number of benzene rings is 1. The highest BCUT2D eigenvalue weighted by Gasteiger charge is 2.18. The predicted octanol–water partition coefficient (Wildman–Crippen LogP) is 3.72. The number of aromatic nitrogens is 3. The first-order valence-electron chi connectivity index (χ1n) is 8.38. The molecule has 0 fully saturated rings. The Bertz CT molecular complexity index is 995. The van der Waals surface area contributed by atoms with E-state index in [2.05, 4.69) is 40.4 Å². The SMILES string of the molecule is COc1cc(Nc2nc(C#N)cc3c(C(C)C)[nH]nc23)cc(OC)c1OC. The number of nitriles is 1. The minimum atomic E-state index is 0.234. The molecule has 1 aromatic carbocycles. The summed E-state index contributed by atoms with van der Waals surface area (Å²) in [5.41, 5.74) is 2.59. The van der Waals surface area contributed by atoms with Gasteiger partial charge in [0.2, 0.25) is 5.75 Å². The largest absolute Gasteiger partial charge is 0.493 e. The molecule has 27 heavy (non-hydrogen) atoms. The van der Waals surface area contributed by atoms with Crippen LogP contribution >= 0.6 is 0 Å². The quantitative estimate of drug-likeness (QED) is 0.684. The Balaban J connectivity index is 2.13. The highest BCUT2D eigenvalue weighted by molar-refractivity contribution is 5.93. The van der Waals surface area contributed by atoms with Crippen molar-refractivity contribution >= 4 is 22.4 Å². The third kappa shape index (κ3) is 3.31. The molecule has 0 aliphatic rings. The van der Waals surface area contributed by atoms with Crippen LogP contribution in [0.3, 0.4) is 0 Å². The van der Waals surface area contributed by atoms with Crippen LogP contribution in [0.15, 0.2) is 18.2 Å². The predicted molar refractivity (Wildman–Crippen MR) is 102 cm³/mol. The Morgan fingerprint density at radius 2 is 1.74 bits per heavy atom. The summed E-state index contributed by atoms with van der Waals surface area (Å²) in [6.45, 7) is 4.12. The van der Waals surface area contributed by atoms with Crippen molar-refractivity contribution in [2.75, 3.05) is 26.6 Å². The van der Waals surface area contributed by atoms with E-state index in [-0.39, 0.29) is 5.92 Å². The van der Waals surface area contributed by atoms with Gasteiger partial charge in [0.1, 0.15) is 17.3 Å². The monoisotopic (exact) mass is 367 g/mol. The molecule has 140 valence electrons. The first-order chi connectivity index (χ1) is 13.0. The molecule has 2 N–H and O–H groups in total. The Labute approximate surface area is 157 Å². The van der Waals surface area contributed by atoms with Crippen LogP contribution in [0, 0.1) is 11.3 Å². The van der Waals surface area contributed by atoms with E-state index in [0.29, 0.717) is 40.0 Å². The highest BCUT2D eigenvalue weighted by Crippen LogP contribution is 2.41. The second-order valence-electron chi connectivity index (χ2n) is 6.20. The Hall–Kier alpha value is -3.47. The van der Waals surface area contributed by atoms with Crippen molar-refractivity contribution in [2.45, 2.75) is 19.8 Å². The summed E-state index contributed by atoms with van der Waals surface area (Å²) in [6.07, 6.45) is 0. The normalized spacial score (nSPS) is 10.7. The van der Waals surface area contributed by atoms with Crippen molar-refractivity contribution in [1.82, 2.24) is 15.2 Å². The van der Waals surface area contributed by atoms with E-state index in [4.69, 9.17) is 14.2 Å². The lowest BCUT2D eigenvalue weighted by atomic mass is 10.1. The zero-order valence-electron chi connectivity index (χ0n) is 15.9. The molecule has 2 aromatic heterocycles. The maximum Gasteiger partial charge on any atom is 0.203 e. The number of nitrogens with zero attached hydrogens (tertiary/aromatic N) is 3. The van der Waals surface area contributed by atoms with E-state index >= 15 is 0 Å². The van der Waals surface area contributed by atoms with Gasteiger partial charge in [-0.3, -0.25) is 5.10 Å². The van der Waals surface area contributed by atoms with Gasteiger partial charge in [0, 0.05) is 28.9 Å². The molecule has 0 atom stereocenters. The van der Waals surface area contributed by atoms with Gasteiger partial charge >= 0.3 is 0 Å². The molecule has 0 saturated heterocycles. The van der Waals surface area contributed by atoms with Crippen molar-refractivity contribution in [3.63, 3.8) is 0 Å². The molecule has 0 unspecified atom stereocenters. The zero-order chi connectivity index (χ0) is 19.6. The van der Waals surface area contributed by atoms with Gasteiger partial charge in [-0.05, 0) is 12.0 Å². The summed E-state index contributed by atoms with van der Waals surface area (Å²) in [4.78, 5) is 4.37. The fraction of sp³-hybridized carbons (Fsp3) is 0.316. The number of hydrogen-bond acceptors (Lipinski definition) is 7. The number of pyridine rings is 1. The van der Waals surface area contributed by atoms with Crippen LogP contribution in [-0.4, -0.2) is 36.5 Å². The van der Waals surface area contributed by atoms with Gasteiger partial charge in [-0.1, -0.05) is 13.8 Å². The summed E-state index contributed by atoms with van der Waals surface area (Å²) in [5.74, 6) is 2.23. The number of fused-ring (bicyclic) bond motifs is 1. The maximum atomic E-state index is 9.36. The molecular weight excluding hydrogens is 346 g/mol. The van der Waals surface area contributed by atoms with E-state index in [1.54, 1.807) is 39.5 Å². The van der Waals surface area contributed by atoms with Crippen LogP contribution in [0.1, 0.15) is 31.2 Å². The number of ether oxygens (including phenoxy) is 3. The molecule has 0 radical (unpaired) electrons. The van der Waals surface area contributed by atoms with E-state index in [9.17, 15) is 5.26 Å². The molecule has 0 amide bonds. The van der Waals surface area contributed by atoms with Gasteiger partial charge in [-0.25, -0.2) is 4.98 Å². The summed E-state index contributed by atoms with van der Waals surface area (Å²) in [5, 5.41) is 20.9. The van der Waals surface area contributed by atoms with Crippen molar-refractivity contribution in [2.24, 2.45) is 0 Å². The van der Waals surface area contributed by atoms with E-state index in [1.807, 2.05) is 0 Å². The molecule has 0 saturated carbocycles. The third-order valence-electron chi connectivity index (χ3n) is 4.19. The van der Waals surface area contributed by atoms with Gasteiger partial charge in [0.25, 0.3) is 0 Å². The van der Waals surface area contributed by atoms with Gasteiger partial charge < -0.3 is 19.5 Å². The maximum absolute atomic E-state index is 9.36. The molecule has 3 rings (SSSR count). The summed E-state index contributed by atoms with van der Waals surface area (Å²) < 4.78 is 16.1. The standard InChI is InChI=1S/C19H21N5O3/c1-10(2)16-13-6-12(9-20)22-19(17(13)24-23-16)21-11-7-14(25-3)18(27-5)15(8-11)26-4/h6-8,10H,1-5H3,(H,21,22)(H,23,24). The second kappa shape index (κ2) is 7.41. The lowest BCUT2D eigenvalue weighted by Crippen LogP contribution is -2.00.